The lowest BCUT2D eigenvalue weighted by Crippen LogP contribution is -2.21. The molecule has 0 unspecified atom stereocenters. The second kappa shape index (κ2) is 6.44. The Labute approximate surface area is 126 Å². The first-order chi connectivity index (χ1) is 9.99. The number of nitrogens with one attached hydrogen (secondary N) is 1. The van der Waals surface area contributed by atoms with Gasteiger partial charge in [0.2, 0.25) is 0 Å². The first kappa shape index (κ1) is 15.1. The van der Waals surface area contributed by atoms with E-state index in [0.717, 1.165) is 33.7 Å². The van der Waals surface area contributed by atoms with E-state index in [0.29, 0.717) is 0 Å². The minimum absolute atomic E-state index is 0.0116. The maximum Gasteiger partial charge on any atom is 0.262 e. The third-order valence-electron chi connectivity index (χ3n) is 3.79. The van der Waals surface area contributed by atoms with Gasteiger partial charge in [0.05, 0.1) is 0 Å². The summed E-state index contributed by atoms with van der Waals surface area (Å²) in [6.07, 6.45) is 0. The fourth-order valence-electron chi connectivity index (χ4n) is 2.10. The van der Waals surface area contributed by atoms with Gasteiger partial charge >= 0.3 is 0 Å². The normalized spacial score (nSPS) is 10.3. The minimum atomic E-state index is -0.149. The fourth-order valence-corrected chi connectivity index (χ4v) is 2.10. The molecule has 2 aromatic rings. The monoisotopic (exact) mass is 283 g/mol. The molecule has 0 fully saturated rings. The van der Waals surface area contributed by atoms with Gasteiger partial charge in [-0.2, -0.15) is 0 Å². The maximum absolute atomic E-state index is 12.0. The van der Waals surface area contributed by atoms with Gasteiger partial charge in [-0.25, -0.2) is 0 Å². The quantitative estimate of drug-likeness (QED) is 0.923. The highest BCUT2D eigenvalue weighted by molar-refractivity contribution is 5.92. The van der Waals surface area contributed by atoms with Gasteiger partial charge in [0, 0.05) is 5.69 Å². The highest BCUT2D eigenvalue weighted by Gasteiger charge is 2.08. The van der Waals surface area contributed by atoms with E-state index in [9.17, 15) is 4.79 Å². The molecule has 0 aliphatic carbocycles. The van der Waals surface area contributed by atoms with Crippen LogP contribution < -0.4 is 10.1 Å². The lowest BCUT2D eigenvalue weighted by Gasteiger charge is -2.13. The van der Waals surface area contributed by atoms with Crippen molar-refractivity contribution in [2.24, 2.45) is 0 Å². The highest BCUT2D eigenvalue weighted by atomic mass is 16.5. The molecule has 3 nitrogen and oxygen atoms in total. The number of amides is 1. The molecule has 0 aliphatic heterocycles. The van der Waals surface area contributed by atoms with E-state index >= 15 is 0 Å². The summed E-state index contributed by atoms with van der Waals surface area (Å²) in [7, 11) is 0. The molecule has 0 atom stereocenters. The van der Waals surface area contributed by atoms with Crippen LogP contribution in [-0.4, -0.2) is 12.5 Å². The molecule has 110 valence electrons. The van der Waals surface area contributed by atoms with Crippen LogP contribution in [0.2, 0.25) is 0 Å². The molecule has 21 heavy (non-hydrogen) atoms. The van der Waals surface area contributed by atoms with Crippen molar-refractivity contribution in [3.63, 3.8) is 0 Å². The molecule has 0 spiro atoms. The summed E-state index contributed by atoms with van der Waals surface area (Å²) in [5.74, 6) is 0.607. The SMILES string of the molecule is Cc1cccc(NC(=O)COc2cccc(C)c2C)c1C. The summed E-state index contributed by atoms with van der Waals surface area (Å²) in [4.78, 5) is 12.0. The van der Waals surface area contributed by atoms with Crippen LogP contribution in [0.3, 0.4) is 0 Å². The van der Waals surface area contributed by atoms with Crippen molar-refractivity contribution in [3.8, 4) is 5.75 Å². The van der Waals surface area contributed by atoms with E-state index in [1.54, 1.807) is 0 Å². The summed E-state index contributed by atoms with van der Waals surface area (Å²) in [5, 5.41) is 2.89. The molecule has 0 aliphatic rings. The van der Waals surface area contributed by atoms with Crippen molar-refractivity contribution in [2.45, 2.75) is 27.7 Å². The van der Waals surface area contributed by atoms with Gasteiger partial charge < -0.3 is 10.1 Å². The first-order valence-corrected chi connectivity index (χ1v) is 7.04. The van der Waals surface area contributed by atoms with Crippen molar-refractivity contribution in [2.75, 3.05) is 11.9 Å². The van der Waals surface area contributed by atoms with Gasteiger partial charge in [-0.15, -0.1) is 0 Å². The number of anilines is 1. The van der Waals surface area contributed by atoms with Crippen molar-refractivity contribution in [1.29, 1.82) is 0 Å². The molecule has 3 heteroatoms. The molecule has 0 saturated carbocycles. The van der Waals surface area contributed by atoms with Crippen molar-refractivity contribution in [3.05, 3.63) is 58.7 Å². The smallest absolute Gasteiger partial charge is 0.262 e. The summed E-state index contributed by atoms with van der Waals surface area (Å²) in [6, 6.07) is 11.7. The van der Waals surface area contributed by atoms with E-state index in [-0.39, 0.29) is 12.5 Å². The van der Waals surface area contributed by atoms with Gasteiger partial charge in [0.1, 0.15) is 5.75 Å². The molecule has 0 aromatic heterocycles. The van der Waals surface area contributed by atoms with Crippen LogP contribution in [-0.2, 0) is 4.79 Å². The van der Waals surface area contributed by atoms with Crippen LogP contribution >= 0.6 is 0 Å². The Bertz CT molecular complexity index is 662. The largest absolute Gasteiger partial charge is 0.483 e. The zero-order valence-corrected chi connectivity index (χ0v) is 13.0. The second-order valence-electron chi connectivity index (χ2n) is 5.28. The third-order valence-corrected chi connectivity index (χ3v) is 3.79. The number of ether oxygens (including phenoxy) is 1. The Morgan fingerprint density at radius 1 is 0.952 bits per heavy atom. The van der Waals surface area contributed by atoms with Crippen molar-refractivity contribution < 1.29 is 9.53 Å². The predicted molar refractivity (Wildman–Crippen MR) is 86.0 cm³/mol. The van der Waals surface area contributed by atoms with Gasteiger partial charge in [-0.05, 0) is 62.1 Å². The summed E-state index contributed by atoms with van der Waals surface area (Å²) in [6.45, 7) is 8.05. The fraction of sp³-hybridized carbons (Fsp3) is 0.278. The molecule has 2 aromatic carbocycles. The molecule has 2 rings (SSSR count). The number of rotatable bonds is 4. The van der Waals surface area contributed by atoms with E-state index < -0.39 is 0 Å². The number of hydrogen-bond donors (Lipinski definition) is 1. The highest BCUT2D eigenvalue weighted by Crippen LogP contribution is 2.21. The Morgan fingerprint density at radius 3 is 2.29 bits per heavy atom. The summed E-state index contributed by atoms with van der Waals surface area (Å²) >= 11 is 0. The lowest BCUT2D eigenvalue weighted by atomic mass is 10.1. The average molecular weight is 283 g/mol. The number of carbonyl (C=O) groups excluding carboxylic acids is 1. The number of aryl methyl sites for hydroxylation is 2. The Balaban J connectivity index is 1.99. The van der Waals surface area contributed by atoms with E-state index in [1.807, 2.05) is 64.1 Å². The third kappa shape index (κ3) is 3.63. The van der Waals surface area contributed by atoms with E-state index in [1.165, 1.54) is 0 Å². The maximum atomic E-state index is 12.0. The molecule has 1 amide bonds. The van der Waals surface area contributed by atoms with Crippen molar-refractivity contribution in [1.82, 2.24) is 0 Å². The number of benzene rings is 2. The summed E-state index contributed by atoms with van der Waals surface area (Å²) < 4.78 is 5.61. The minimum Gasteiger partial charge on any atom is -0.483 e. The van der Waals surface area contributed by atoms with E-state index in [2.05, 4.69) is 5.32 Å². The van der Waals surface area contributed by atoms with Crippen LogP contribution in [0.4, 0.5) is 5.69 Å². The number of hydrogen-bond acceptors (Lipinski definition) is 2. The Hall–Kier alpha value is -2.29. The second-order valence-corrected chi connectivity index (χ2v) is 5.28. The molecule has 1 N–H and O–H groups in total. The Kier molecular flexibility index (Phi) is 4.63. The molecule has 0 saturated heterocycles. The lowest BCUT2D eigenvalue weighted by molar-refractivity contribution is -0.118. The van der Waals surface area contributed by atoms with Crippen LogP contribution in [0, 0.1) is 27.7 Å². The molecule has 0 bridgehead atoms. The standard InChI is InChI=1S/C18H21NO2/c1-12-7-5-9-16(14(12)3)19-18(20)11-21-17-10-6-8-13(2)15(17)4/h5-10H,11H2,1-4H3,(H,19,20). The first-order valence-electron chi connectivity index (χ1n) is 7.04. The van der Waals surface area contributed by atoms with Crippen molar-refractivity contribution >= 4 is 11.6 Å². The van der Waals surface area contributed by atoms with Gasteiger partial charge in [-0.3, -0.25) is 4.79 Å². The van der Waals surface area contributed by atoms with Crippen LogP contribution in [0.5, 0.6) is 5.75 Å². The van der Waals surface area contributed by atoms with E-state index in [4.69, 9.17) is 4.74 Å². The van der Waals surface area contributed by atoms with Gasteiger partial charge in [0.15, 0.2) is 6.61 Å². The molecule has 0 radical (unpaired) electrons. The van der Waals surface area contributed by atoms with Crippen LogP contribution in [0.1, 0.15) is 22.3 Å². The Morgan fingerprint density at radius 2 is 1.57 bits per heavy atom. The molecule has 0 heterocycles. The zero-order chi connectivity index (χ0) is 15.4. The van der Waals surface area contributed by atoms with Crippen LogP contribution in [0.15, 0.2) is 36.4 Å². The van der Waals surface area contributed by atoms with Gasteiger partial charge in [0.25, 0.3) is 5.91 Å². The van der Waals surface area contributed by atoms with Crippen LogP contribution in [0.25, 0.3) is 0 Å². The molecular formula is C18H21NO2. The number of carbonyl (C=O) groups is 1. The average Bonchev–Trinajstić information content (AvgIpc) is 2.45. The summed E-state index contributed by atoms with van der Waals surface area (Å²) in [5.41, 5.74) is 5.30. The van der Waals surface area contributed by atoms with Gasteiger partial charge in [-0.1, -0.05) is 24.3 Å². The topological polar surface area (TPSA) is 38.3 Å². The molecular weight excluding hydrogens is 262 g/mol. The zero-order valence-electron chi connectivity index (χ0n) is 13.0. The predicted octanol–water partition coefficient (Wildman–Crippen LogP) is 3.94.